The van der Waals surface area contributed by atoms with Crippen molar-refractivity contribution in [2.24, 2.45) is 0 Å². The third-order valence-corrected chi connectivity index (χ3v) is 20.1. The molecule has 254 valence electrons. The fourth-order valence-electron chi connectivity index (χ4n) is 7.15. The van der Waals surface area contributed by atoms with Crippen LogP contribution in [0.25, 0.3) is 22.7 Å². The van der Waals surface area contributed by atoms with E-state index in [9.17, 15) is 5.11 Å². The number of aromatic nitrogens is 7. The van der Waals surface area contributed by atoms with E-state index in [1.165, 1.54) is 6.33 Å². The van der Waals surface area contributed by atoms with Crippen molar-refractivity contribution in [3.05, 3.63) is 48.4 Å². The molecule has 2 aliphatic heterocycles. The molecule has 4 aromatic rings. The van der Waals surface area contributed by atoms with E-state index < -0.39 is 41.7 Å². The number of hydrogen-bond acceptors (Lipinski definition) is 11. The molecule has 0 saturated carbocycles. The number of rotatable bonds is 8. The van der Waals surface area contributed by atoms with E-state index >= 15 is 0 Å². The predicted octanol–water partition coefficient (Wildman–Crippen LogP) is 5.49. The van der Waals surface area contributed by atoms with Crippen LogP contribution >= 0.6 is 0 Å². The van der Waals surface area contributed by atoms with Gasteiger partial charge in [-0.2, -0.15) is 0 Å². The number of hydrogen-bond donors (Lipinski definition) is 2. The zero-order chi connectivity index (χ0) is 33.8. The first-order chi connectivity index (χ1) is 22.3. The summed E-state index contributed by atoms with van der Waals surface area (Å²) < 4.78 is 31.7. The smallest absolute Gasteiger partial charge is 0.335 e. The Bertz CT molecular complexity index is 1680. The molecule has 0 radical (unpaired) electrons. The van der Waals surface area contributed by atoms with E-state index in [1.54, 1.807) is 9.25 Å². The molecule has 2 saturated heterocycles. The summed E-state index contributed by atoms with van der Waals surface area (Å²) >= 11 is 0. The summed E-state index contributed by atoms with van der Waals surface area (Å²) in [6.07, 6.45) is -0.0937. The third-order valence-electron chi connectivity index (χ3n) is 9.82. The van der Waals surface area contributed by atoms with Gasteiger partial charge in [-0.1, -0.05) is 90.9 Å². The van der Waals surface area contributed by atoms with Crippen molar-refractivity contribution >= 4 is 34.1 Å². The molecule has 3 N–H and O–H groups in total. The number of aliphatic hydroxyl groups excluding tert-OH is 1. The second-order valence-corrected chi connectivity index (χ2v) is 22.9. The van der Waals surface area contributed by atoms with Gasteiger partial charge in [-0.25, -0.2) is 19.6 Å². The van der Waals surface area contributed by atoms with Crippen molar-refractivity contribution in [2.75, 3.05) is 12.3 Å². The molecule has 15 heteroatoms. The van der Waals surface area contributed by atoms with E-state index in [1.807, 2.05) is 36.5 Å². The first-order valence-corrected chi connectivity index (χ1v) is 20.6. The maximum atomic E-state index is 12.2. The third kappa shape index (κ3) is 5.64. The summed E-state index contributed by atoms with van der Waals surface area (Å²) in [5.41, 5.74) is 9.22. The second kappa shape index (κ2) is 12.8. The predicted molar refractivity (Wildman–Crippen MR) is 183 cm³/mol. The van der Waals surface area contributed by atoms with Crippen molar-refractivity contribution in [1.82, 2.24) is 34.5 Å². The molecule has 13 nitrogen and oxygen atoms in total. The fourth-order valence-corrected chi connectivity index (χ4v) is 18.4. The van der Waals surface area contributed by atoms with Gasteiger partial charge < -0.3 is 28.5 Å². The van der Waals surface area contributed by atoms with Crippen LogP contribution in [-0.4, -0.2) is 81.7 Å². The van der Waals surface area contributed by atoms with Crippen LogP contribution in [0.2, 0.25) is 22.2 Å². The topological polar surface area (TPSA) is 157 Å². The number of aliphatic hydroxyl groups is 1. The number of ether oxygens (including phenoxy) is 1. The Labute approximate surface area is 278 Å². The standard InChI is InChI=1S/C32H48N8O5Si2/c1-18(2)46(19(3)4)42-16-25-28(44-47(45-46,20(5)6)21(7)8)27(41)32(43-25)40-30(36-26-29(33)34-17-35-31(26)40)24-15-39(38-37-24)22(9)23-13-11-10-12-14-23/h10-15,17-22,25,27-28,32,41H,16H2,1-9H3,(H2,33,34,35)/t22?,25-,27-,28-,32-/m1/s1. The number of fused-ring (bicyclic) bond motifs is 2. The summed E-state index contributed by atoms with van der Waals surface area (Å²) in [7, 11) is -5.81. The zero-order valence-corrected chi connectivity index (χ0v) is 30.7. The van der Waals surface area contributed by atoms with Crippen molar-refractivity contribution < 1.29 is 22.8 Å². The highest BCUT2D eigenvalue weighted by Gasteiger charge is 2.62. The van der Waals surface area contributed by atoms with Gasteiger partial charge in [0.05, 0.1) is 18.8 Å². The van der Waals surface area contributed by atoms with E-state index in [4.69, 9.17) is 28.4 Å². The largest absolute Gasteiger partial charge is 0.414 e. The quantitative estimate of drug-likeness (QED) is 0.227. The average Bonchev–Trinajstić information content (AvgIpc) is 3.73. The van der Waals surface area contributed by atoms with Gasteiger partial charge in [0, 0.05) is 0 Å². The highest BCUT2D eigenvalue weighted by atomic mass is 28.5. The number of anilines is 1. The van der Waals surface area contributed by atoms with Crippen LogP contribution in [0.4, 0.5) is 5.82 Å². The Kier molecular flexibility index (Phi) is 9.19. The van der Waals surface area contributed by atoms with E-state index in [0.29, 0.717) is 22.7 Å². The lowest BCUT2D eigenvalue weighted by Gasteiger charge is -2.51. The first-order valence-electron chi connectivity index (χ1n) is 16.6. The maximum Gasteiger partial charge on any atom is 0.335 e. The second-order valence-electron chi connectivity index (χ2n) is 14.0. The Morgan fingerprint density at radius 3 is 2.21 bits per heavy atom. The lowest BCUT2D eigenvalue weighted by atomic mass is 10.1. The normalized spacial score (nSPS) is 25.1. The molecule has 47 heavy (non-hydrogen) atoms. The van der Waals surface area contributed by atoms with Crippen LogP contribution in [-0.2, 0) is 17.7 Å². The highest BCUT2D eigenvalue weighted by molar-refractivity contribution is 6.84. The number of nitrogens with zero attached hydrogens (tertiary/aromatic N) is 7. The van der Waals surface area contributed by atoms with Crippen molar-refractivity contribution in [3.63, 3.8) is 0 Å². The van der Waals surface area contributed by atoms with E-state index in [2.05, 4.69) is 82.6 Å². The molecule has 6 rings (SSSR count). The minimum Gasteiger partial charge on any atom is -0.414 e. The first kappa shape index (κ1) is 33.8. The summed E-state index contributed by atoms with van der Waals surface area (Å²) in [5.74, 6) is 0.612. The van der Waals surface area contributed by atoms with Crippen LogP contribution in [0.1, 0.15) is 80.1 Å². The molecule has 0 aliphatic carbocycles. The minimum absolute atomic E-state index is 0.0779. The van der Waals surface area contributed by atoms with Crippen molar-refractivity contribution in [1.29, 1.82) is 0 Å². The Hall–Kier alpha value is -3.06. The molecule has 3 aromatic heterocycles. The molecule has 1 aromatic carbocycles. The Balaban J connectivity index is 1.44. The molecule has 5 heterocycles. The molecule has 1 unspecified atom stereocenters. The summed E-state index contributed by atoms with van der Waals surface area (Å²) in [4.78, 5) is 13.6. The Morgan fingerprint density at radius 2 is 1.57 bits per heavy atom. The van der Waals surface area contributed by atoms with Gasteiger partial charge in [0.1, 0.15) is 30.3 Å². The Morgan fingerprint density at radius 1 is 0.915 bits per heavy atom. The number of nitrogens with two attached hydrogens (primary N) is 1. The number of benzene rings is 1. The number of imidazole rings is 1. The minimum atomic E-state index is -3.00. The molecule has 0 amide bonds. The molecule has 0 spiro atoms. The van der Waals surface area contributed by atoms with Gasteiger partial charge in [-0.3, -0.25) is 4.57 Å². The summed E-state index contributed by atoms with van der Waals surface area (Å²) in [6, 6.07) is 9.99. The lowest BCUT2D eigenvalue weighted by Crippen LogP contribution is -2.65. The zero-order valence-electron chi connectivity index (χ0n) is 28.7. The van der Waals surface area contributed by atoms with Gasteiger partial charge in [-0.05, 0) is 34.7 Å². The molecule has 2 fully saturated rings. The van der Waals surface area contributed by atoms with Crippen LogP contribution < -0.4 is 5.73 Å². The molecular formula is C32H48N8O5Si2. The van der Waals surface area contributed by atoms with Gasteiger partial charge >= 0.3 is 17.1 Å². The molecule has 0 bridgehead atoms. The fraction of sp³-hybridized carbons (Fsp3) is 0.594. The molecule has 2 aliphatic rings. The van der Waals surface area contributed by atoms with Crippen LogP contribution in [0.3, 0.4) is 0 Å². The van der Waals surface area contributed by atoms with E-state index in [-0.39, 0.29) is 40.6 Å². The highest BCUT2D eigenvalue weighted by Crippen LogP contribution is 2.49. The number of nitrogen functional groups attached to an aromatic ring is 1. The summed E-state index contributed by atoms with van der Waals surface area (Å²) in [6.45, 7) is 19.6. The van der Waals surface area contributed by atoms with Crippen LogP contribution in [0.15, 0.2) is 42.9 Å². The monoisotopic (exact) mass is 680 g/mol. The average molecular weight is 681 g/mol. The van der Waals surface area contributed by atoms with E-state index in [0.717, 1.165) is 5.56 Å². The van der Waals surface area contributed by atoms with Crippen molar-refractivity contribution in [2.45, 2.75) is 115 Å². The molecular weight excluding hydrogens is 633 g/mol. The lowest BCUT2D eigenvalue weighted by molar-refractivity contribution is -0.0564. The molecule has 5 atom stereocenters. The van der Waals surface area contributed by atoms with Crippen LogP contribution in [0, 0.1) is 0 Å². The summed E-state index contributed by atoms with van der Waals surface area (Å²) in [5, 5.41) is 21.1. The van der Waals surface area contributed by atoms with Gasteiger partial charge in [0.15, 0.2) is 29.0 Å². The van der Waals surface area contributed by atoms with Gasteiger partial charge in [0.2, 0.25) is 0 Å². The van der Waals surface area contributed by atoms with Crippen molar-refractivity contribution in [3.8, 4) is 11.5 Å². The van der Waals surface area contributed by atoms with Gasteiger partial charge in [0.25, 0.3) is 0 Å². The maximum absolute atomic E-state index is 12.2. The SMILES string of the molecule is CC(c1ccccc1)n1cc(-c2nc3c(N)ncnc3n2[C@@H]2O[C@@H]3CO[Si](C(C)C)(C(C)C)O[Si](C(C)C)(C(C)C)O[C@H]3[C@H]2O)nn1. The van der Waals surface area contributed by atoms with Gasteiger partial charge in [-0.15, -0.1) is 5.10 Å². The van der Waals surface area contributed by atoms with Crippen LogP contribution in [0.5, 0.6) is 0 Å².